The minimum Gasteiger partial charge on any atom is -0.389 e. The monoisotopic (exact) mass is 348 g/mol. The van der Waals surface area contributed by atoms with E-state index < -0.39 is 5.60 Å². The molecule has 1 fully saturated rings. The summed E-state index contributed by atoms with van der Waals surface area (Å²) in [4.78, 5) is 20.6. The van der Waals surface area contributed by atoms with E-state index in [1.54, 1.807) is 18.7 Å². The third-order valence-corrected chi connectivity index (χ3v) is 4.63. The van der Waals surface area contributed by atoms with Gasteiger partial charge in [0.05, 0.1) is 12.1 Å². The van der Waals surface area contributed by atoms with Gasteiger partial charge in [0.15, 0.2) is 0 Å². The zero-order chi connectivity index (χ0) is 18.3. The molecule has 0 atom stereocenters. The first kappa shape index (κ1) is 19.7. The van der Waals surface area contributed by atoms with Crippen LogP contribution in [0.2, 0.25) is 0 Å². The van der Waals surface area contributed by atoms with Gasteiger partial charge in [0.1, 0.15) is 0 Å². The number of hydrogen-bond acceptors (Lipinski definition) is 4. The molecule has 1 aliphatic heterocycles. The van der Waals surface area contributed by atoms with Gasteiger partial charge in [-0.25, -0.2) is 4.79 Å². The lowest BCUT2D eigenvalue weighted by Gasteiger charge is -2.34. The Labute approximate surface area is 151 Å². The molecule has 2 heterocycles. The molecule has 0 aromatic carbocycles. The van der Waals surface area contributed by atoms with Gasteiger partial charge in [0.2, 0.25) is 0 Å². The molecule has 25 heavy (non-hydrogen) atoms. The van der Waals surface area contributed by atoms with Gasteiger partial charge in [0.25, 0.3) is 0 Å². The molecule has 0 radical (unpaired) electrons. The molecule has 6 heteroatoms. The minimum atomic E-state index is -0.871. The van der Waals surface area contributed by atoms with E-state index in [9.17, 15) is 9.90 Å². The lowest BCUT2D eigenvalue weighted by molar-refractivity contribution is 0.0470. The Kier molecular flexibility index (Phi) is 7.20. The number of piperidine rings is 1. The maximum Gasteiger partial charge on any atom is 0.317 e. The molecule has 1 aromatic heterocycles. The summed E-state index contributed by atoms with van der Waals surface area (Å²) < 4.78 is 0. The van der Waals surface area contributed by atoms with Crippen LogP contribution in [0.5, 0.6) is 0 Å². The van der Waals surface area contributed by atoms with E-state index >= 15 is 0 Å². The van der Waals surface area contributed by atoms with E-state index in [1.165, 1.54) is 5.56 Å². The fourth-order valence-electron chi connectivity index (χ4n) is 3.20. The summed E-state index contributed by atoms with van der Waals surface area (Å²) >= 11 is 0. The summed E-state index contributed by atoms with van der Waals surface area (Å²) in [6.45, 7) is 9.40. The van der Waals surface area contributed by atoms with Crippen molar-refractivity contribution in [3.63, 3.8) is 0 Å². The van der Waals surface area contributed by atoms with Crippen LogP contribution in [-0.4, -0.2) is 70.3 Å². The Morgan fingerprint density at radius 3 is 2.56 bits per heavy atom. The molecule has 1 aromatic rings. The Morgan fingerprint density at radius 1 is 1.36 bits per heavy atom. The fraction of sp³-hybridized carbons (Fsp3) is 0.684. The summed E-state index contributed by atoms with van der Waals surface area (Å²) in [5.74, 6) is 0. The predicted octanol–water partition coefficient (Wildman–Crippen LogP) is 1.89. The van der Waals surface area contributed by atoms with Crippen molar-refractivity contribution in [2.24, 2.45) is 0 Å². The normalized spacial score (nSPS) is 16.6. The first-order chi connectivity index (χ1) is 11.9. The second-order valence-electron chi connectivity index (χ2n) is 7.50. The summed E-state index contributed by atoms with van der Waals surface area (Å²) in [5.41, 5.74) is 0.444. The first-order valence-corrected chi connectivity index (χ1v) is 9.26. The summed E-state index contributed by atoms with van der Waals surface area (Å²) in [5, 5.41) is 13.1. The van der Waals surface area contributed by atoms with Gasteiger partial charge in [-0.3, -0.25) is 4.98 Å². The molecule has 0 saturated carbocycles. The van der Waals surface area contributed by atoms with Crippen LogP contribution in [0, 0.1) is 0 Å². The average molecular weight is 348 g/mol. The predicted molar refractivity (Wildman–Crippen MR) is 99.5 cm³/mol. The van der Waals surface area contributed by atoms with Crippen LogP contribution in [0.1, 0.15) is 39.2 Å². The number of carbonyl (C=O) groups is 1. The summed E-state index contributed by atoms with van der Waals surface area (Å²) in [6.07, 6.45) is 6.66. The Morgan fingerprint density at radius 2 is 2.00 bits per heavy atom. The maximum atomic E-state index is 12.4. The van der Waals surface area contributed by atoms with Crippen LogP contribution >= 0.6 is 0 Å². The molecule has 2 rings (SSSR count). The number of likely N-dealkylation sites (tertiary alicyclic amines) is 1. The van der Waals surface area contributed by atoms with Crippen molar-refractivity contribution in [1.29, 1.82) is 0 Å². The lowest BCUT2D eigenvalue weighted by Crippen LogP contribution is -2.52. The highest BCUT2D eigenvalue weighted by Crippen LogP contribution is 2.12. The molecule has 6 nitrogen and oxygen atoms in total. The topological polar surface area (TPSA) is 68.7 Å². The zero-order valence-corrected chi connectivity index (χ0v) is 15.7. The molecular formula is C19H32N4O2. The third kappa shape index (κ3) is 7.00. The average Bonchev–Trinajstić information content (AvgIpc) is 2.59. The zero-order valence-electron chi connectivity index (χ0n) is 15.7. The van der Waals surface area contributed by atoms with Gasteiger partial charge < -0.3 is 20.2 Å². The highest BCUT2D eigenvalue weighted by atomic mass is 16.3. The number of likely N-dealkylation sites (N-methyl/N-ethyl adjacent to an activating group) is 1. The van der Waals surface area contributed by atoms with Crippen LogP contribution in [0.4, 0.5) is 4.79 Å². The summed E-state index contributed by atoms with van der Waals surface area (Å²) in [7, 11) is 0. The largest absolute Gasteiger partial charge is 0.389 e. The van der Waals surface area contributed by atoms with Crippen molar-refractivity contribution in [3.05, 3.63) is 30.1 Å². The van der Waals surface area contributed by atoms with E-state index in [0.717, 1.165) is 38.9 Å². The number of aliphatic hydroxyl groups is 1. The quantitative estimate of drug-likeness (QED) is 0.790. The second-order valence-corrected chi connectivity index (χ2v) is 7.50. The maximum absolute atomic E-state index is 12.4. The Balaban J connectivity index is 1.71. The molecule has 1 saturated heterocycles. The Bertz CT molecular complexity index is 522. The number of aromatic nitrogens is 1. The number of urea groups is 1. The van der Waals surface area contributed by atoms with Gasteiger partial charge in [-0.05, 0) is 57.7 Å². The fourth-order valence-corrected chi connectivity index (χ4v) is 3.20. The lowest BCUT2D eigenvalue weighted by atomic mass is 10.0. The smallest absolute Gasteiger partial charge is 0.317 e. The third-order valence-electron chi connectivity index (χ3n) is 4.63. The van der Waals surface area contributed by atoms with Crippen molar-refractivity contribution < 1.29 is 9.90 Å². The summed E-state index contributed by atoms with van der Waals surface area (Å²) in [6, 6.07) is 4.28. The van der Waals surface area contributed by atoms with Crippen molar-refractivity contribution >= 4 is 6.03 Å². The van der Waals surface area contributed by atoms with Crippen LogP contribution in [0.15, 0.2) is 24.5 Å². The highest BCUT2D eigenvalue weighted by molar-refractivity contribution is 5.74. The van der Waals surface area contributed by atoms with Gasteiger partial charge >= 0.3 is 6.03 Å². The van der Waals surface area contributed by atoms with Crippen molar-refractivity contribution in [1.82, 2.24) is 20.1 Å². The molecule has 0 aliphatic carbocycles. The molecular weight excluding hydrogens is 316 g/mol. The van der Waals surface area contributed by atoms with Gasteiger partial charge in [-0.2, -0.15) is 0 Å². The number of nitrogens with one attached hydrogen (secondary N) is 1. The molecule has 0 bridgehead atoms. The number of amides is 2. The van der Waals surface area contributed by atoms with Gasteiger partial charge in [-0.1, -0.05) is 0 Å². The van der Waals surface area contributed by atoms with Crippen molar-refractivity contribution in [2.45, 2.75) is 51.7 Å². The van der Waals surface area contributed by atoms with Crippen LogP contribution in [0.25, 0.3) is 0 Å². The molecule has 0 spiro atoms. The van der Waals surface area contributed by atoms with Crippen molar-refractivity contribution in [3.8, 4) is 0 Å². The number of rotatable bonds is 7. The number of nitrogens with zero attached hydrogens (tertiary/aromatic N) is 3. The van der Waals surface area contributed by atoms with E-state index in [2.05, 4.69) is 27.3 Å². The second kappa shape index (κ2) is 9.15. The van der Waals surface area contributed by atoms with E-state index in [0.29, 0.717) is 13.1 Å². The highest BCUT2D eigenvalue weighted by Gasteiger charge is 2.25. The number of hydrogen-bond donors (Lipinski definition) is 2. The van der Waals surface area contributed by atoms with Crippen LogP contribution < -0.4 is 5.32 Å². The van der Waals surface area contributed by atoms with Crippen molar-refractivity contribution in [2.75, 3.05) is 32.7 Å². The molecule has 140 valence electrons. The van der Waals surface area contributed by atoms with E-state index in [1.807, 2.05) is 19.3 Å². The van der Waals surface area contributed by atoms with E-state index in [-0.39, 0.29) is 12.1 Å². The van der Waals surface area contributed by atoms with Crippen LogP contribution in [0.3, 0.4) is 0 Å². The number of pyridine rings is 1. The molecule has 1 aliphatic rings. The molecule has 0 unspecified atom stereocenters. The first-order valence-electron chi connectivity index (χ1n) is 9.26. The molecule has 2 N–H and O–H groups in total. The van der Waals surface area contributed by atoms with Crippen LogP contribution in [-0.2, 0) is 6.42 Å². The van der Waals surface area contributed by atoms with Gasteiger partial charge in [0, 0.05) is 44.6 Å². The minimum absolute atomic E-state index is 0.0696. The molecule has 2 amide bonds. The SMILES string of the molecule is CCN(CC(C)(C)O)C(=O)NC1CCN(CCc2ccncc2)CC1. The number of carbonyl (C=O) groups excluding carboxylic acids is 1. The van der Waals surface area contributed by atoms with Gasteiger partial charge in [-0.15, -0.1) is 0 Å². The van der Waals surface area contributed by atoms with E-state index in [4.69, 9.17) is 0 Å². The Hall–Kier alpha value is -1.66. The standard InChI is InChI=1S/C19H32N4O2/c1-4-23(15-19(2,3)25)18(24)21-17-8-13-22(14-9-17)12-7-16-5-10-20-11-6-16/h5-6,10-11,17,25H,4,7-9,12-15H2,1-3H3,(H,21,24).